The van der Waals surface area contributed by atoms with Crippen molar-refractivity contribution in [1.29, 1.82) is 0 Å². The van der Waals surface area contributed by atoms with Crippen molar-refractivity contribution >= 4 is 5.91 Å². The number of nitrogen functional groups attached to an aromatic ring is 1. The highest BCUT2D eigenvalue weighted by Gasteiger charge is 2.17. The molecule has 0 unspecified atom stereocenters. The van der Waals surface area contributed by atoms with Gasteiger partial charge in [-0.2, -0.15) is 0 Å². The summed E-state index contributed by atoms with van der Waals surface area (Å²) in [4.78, 5) is 11.6. The Morgan fingerprint density at radius 2 is 1.90 bits per heavy atom. The van der Waals surface area contributed by atoms with Gasteiger partial charge in [0.05, 0.1) is 26.0 Å². The maximum atomic E-state index is 11.6. The van der Waals surface area contributed by atoms with E-state index in [9.17, 15) is 4.79 Å². The third-order valence-corrected chi connectivity index (χ3v) is 2.85. The molecule has 0 atom stereocenters. The molecule has 21 heavy (non-hydrogen) atoms. The van der Waals surface area contributed by atoms with Crippen molar-refractivity contribution in [1.82, 2.24) is 5.43 Å². The molecular weight excluding hydrogens is 276 g/mol. The van der Waals surface area contributed by atoms with Crippen LogP contribution in [0.5, 0.6) is 17.2 Å². The first-order valence-corrected chi connectivity index (χ1v) is 6.12. The molecule has 1 heterocycles. The Morgan fingerprint density at radius 3 is 2.48 bits per heavy atom. The molecule has 2 aromatic rings. The number of rotatable bonds is 6. The van der Waals surface area contributed by atoms with Gasteiger partial charge >= 0.3 is 0 Å². The highest BCUT2D eigenvalue weighted by molar-refractivity contribution is 5.94. The van der Waals surface area contributed by atoms with Crippen LogP contribution in [0.25, 0.3) is 0 Å². The number of nitrogens with two attached hydrogens (primary N) is 1. The lowest BCUT2D eigenvalue weighted by molar-refractivity contribution is 0.0949. The van der Waals surface area contributed by atoms with Crippen LogP contribution < -0.4 is 25.5 Å². The number of carbonyl (C=O) groups excluding carboxylic acids is 1. The van der Waals surface area contributed by atoms with Gasteiger partial charge in [0.2, 0.25) is 5.75 Å². The Labute approximate surface area is 121 Å². The van der Waals surface area contributed by atoms with Crippen molar-refractivity contribution in [2.75, 3.05) is 14.2 Å². The zero-order valence-electron chi connectivity index (χ0n) is 11.7. The largest absolute Gasteiger partial charge is 0.493 e. The lowest BCUT2D eigenvalue weighted by Gasteiger charge is -2.13. The van der Waals surface area contributed by atoms with E-state index in [2.05, 4.69) is 0 Å². The van der Waals surface area contributed by atoms with Crippen molar-refractivity contribution in [3.05, 3.63) is 41.9 Å². The van der Waals surface area contributed by atoms with E-state index in [0.29, 0.717) is 28.6 Å². The van der Waals surface area contributed by atoms with Gasteiger partial charge in [-0.15, -0.1) is 0 Å². The number of para-hydroxylation sites is 1. The van der Waals surface area contributed by atoms with Gasteiger partial charge in [-0.1, -0.05) is 6.07 Å². The Balaban J connectivity index is 2.21. The molecule has 0 aliphatic heterocycles. The maximum absolute atomic E-state index is 11.6. The second-order valence-electron chi connectivity index (χ2n) is 4.01. The summed E-state index contributed by atoms with van der Waals surface area (Å²) in [7, 11) is 3.06. The van der Waals surface area contributed by atoms with Crippen LogP contribution in [0, 0.1) is 0 Å². The lowest BCUT2D eigenvalue weighted by Crippen LogP contribution is -2.30. The van der Waals surface area contributed by atoms with E-state index in [1.54, 1.807) is 18.2 Å². The van der Waals surface area contributed by atoms with E-state index in [0.717, 1.165) is 0 Å². The molecule has 0 aliphatic rings. The maximum Gasteiger partial charge on any atom is 0.268 e. The second-order valence-corrected chi connectivity index (χ2v) is 4.01. The predicted molar refractivity (Wildman–Crippen MR) is 74.2 cm³/mol. The predicted octanol–water partition coefficient (Wildman–Crippen LogP) is 1.48. The molecule has 112 valence electrons. The topological polar surface area (TPSA) is 95.9 Å². The van der Waals surface area contributed by atoms with Gasteiger partial charge in [-0.05, 0) is 18.2 Å². The average Bonchev–Trinajstić information content (AvgIpc) is 3.00. The van der Waals surface area contributed by atoms with E-state index in [4.69, 9.17) is 24.5 Å². The zero-order valence-corrected chi connectivity index (χ0v) is 11.7. The van der Waals surface area contributed by atoms with Crippen LogP contribution in [0.15, 0.2) is 34.9 Å². The zero-order chi connectivity index (χ0) is 15.2. The number of nitrogens with one attached hydrogen (secondary N) is 1. The first-order chi connectivity index (χ1) is 10.2. The molecule has 1 aromatic heterocycles. The van der Waals surface area contributed by atoms with Crippen molar-refractivity contribution in [3.8, 4) is 17.2 Å². The van der Waals surface area contributed by atoms with Crippen molar-refractivity contribution < 1.29 is 23.4 Å². The van der Waals surface area contributed by atoms with E-state index >= 15 is 0 Å². The number of hydrogen-bond acceptors (Lipinski definition) is 6. The average molecular weight is 292 g/mol. The van der Waals surface area contributed by atoms with Crippen molar-refractivity contribution in [2.45, 2.75) is 6.61 Å². The summed E-state index contributed by atoms with van der Waals surface area (Å²) < 4.78 is 21.3. The molecule has 0 radical (unpaired) electrons. The highest BCUT2D eigenvalue weighted by atomic mass is 16.5. The van der Waals surface area contributed by atoms with E-state index < -0.39 is 5.91 Å². The summed E-state index contributed by atoms with van der Waals surface area (Å²) in [5.74, 6) is 6.48. The smallest absolute Gasteiger partial charge is 0.268 e. The number of carbonyl (C=O) groups is 1. The Morgan fingerprint density at radius 1 is 1.24 bits per heavy atom. The summed E-state index contributed by atoms with van der Waals surface area (Å²) in [5.41, 5.74) is 2.36. The van der Waals surface area contributed by atoms with Gasteiger partial charge in [0, 0.05) is 0 Å². The molecule has 3 N–H and O–H groups in total. The van der Waals surface area contributed by atoms with E-state index in [1.165, 1.54) is 26.5 Å². The molecule has 2 rings (SSSR count). The minimum absolute atomic E-state index is 0.0342. The van der Waals surface area contributed by atoms with Crippen LogP contribution in [-0.4, -0.2) is 20.1 Å². The third-order valence-electron chi connectivity index (χ3n) is 2.85. The summed E-state index contributed by atoms with van der Waals surface area (Å²) in [6.45, 7) is 0.0342. The summed E-state index contributed by atoms with van der Waals surface area (Å²) in [5, 5.41) is 0. The fraction of sp³-hybridized carbons (Fsp3) is 0.214. The van der Waals surface area contributed by atoms with Crippen LogP contribution in [0.1, 0.15) is 16.1 Å². The number of amides is 1. The fourth-order valence-corrected chi connectivity index (χ4v) is 1.83. The van der Waals surface area contributed by atoms with Crippen LogP contribution in [0.3, 0.4) is 0 Å². The number of benzene rings is 1. The molecule has 0 aliphatic carbocycles. The van der Waals surface area contributed by atoms with E-state index in [1.807, 2.05) is 5.43 Å². The minimum atomic E-state index is -0.450. The monoisotopic (exact) mass is 292 g/mol. The van der Waals surface area contributed by atoms with Gasteiger partial charge in [0.1, 0.15) is 6.61 Å². The molecule has 7 heteroatoms. The first-order valence-electron chi connectivity index (χ1n) is 6.12. The van der Waals surface area contributed by atoms with Gasteiger partial charge in [0.25, 0.3) is 5.91 Å². The summed E-state index contributed by atoms with van der Waals surface area (Å²) >= 11 is 0. The van der Waals surface area contributed by atoms with Crippen LogP contribution in [-0.2, 0) is 6.61 Å². The van der Waals surface area contributed by atoms with Gasteiger partial charge in [0.15, 0.2) is 17.3 Å². The molecule has 0 fully saturated rings. The van der Waals surface area contributed by atoms with Gasteiger partial charge < -0.3 is 18.6 Å². The fourth-order valence-electron chi connectivity index (χ4n) is 1.83. The third kappa shape index (κ3) is 3.09. The van der Waals surface area contributed by atoms with Crippen LogP contribution >= 0.6 is 0 Å². The van der Waals surface area contributed by atoms with Crippen molar-refractivity contribution in [2.24, 2.45) is 5.84 Å². The molecule has 7 nitrogen and oxygen atoms in total. The number of methoxy groups -OCH3 is 2. The molecule has 1 amide bonds. The van der Waals surface area contributed by atoms with Crippen LogP contribution in [0.2, 0.25) is 0 Å². The van der Waals surface area contributed by atoms with E-state index in [-0.39, 0.29) is 6.61 Å². The molecular formula is C14H16N2O5. The number of ether oxygens (including phenoxy) is 3. The standard InChI is InChI=1S/C14H16N2O5/c1-18-10-4-3-5-11(19-2)13(10)21-8-12-9(6-7-20-12)14(17)16-15/h3-7H,8,15H2,1-2H3,(H,16,17). The lowest BCUT2D eigenvalue weighted by atomic mass is 10.2. The normalized spacial score (nSPS) is 10.0. The molecule has 1 aromatic carbocycles. The molecule has 0 spiro atoms. The first kappa shape index (κ1) is 14.7. The Kier molecular flexibility index (Phi) is 4.68. The Hall–Kier alpha value is -2.67. The SMILES string of the molecule is COc1cccc(OC)c1OCc1occc1C(=O)NN. The van der Waals surface area contributed by atoms with Crippen LogP contribution in [0.4, 0.5) is 0 Å². The second kappa shape index (κ2) is 6.67. The quantitative estimate of drug-likeness (QED) is 0.475. The molecule has 0 bridgehead atoms. The van der Waals surface area contributed by atoms with Gasteiger partial charge in [-0.25, -0.2) is 5.84 Å². The highest BCUT2D eigenvalue weighted by Crippen LogP contribution is 2.37. The molecule has 0 saturated heterocycles. The number of hydrogen-bond donors (Lipinski definition) is 2. The Bertz CT molecular complexity index is 601. The minimum Gasteiger partial charge on any atom is -0.493 e. The number of hydrazine groups is 1. The molecule has 0 saturated carbocycles. The summed E-state index contributed by atoms with van der Waals surface area (Å²) in [6, 6.07) is 6.78. The van der Waals surface area contributed by atoms with Crippen molar-refractivity contribution in [3.63, 3.8) is 0 Å². The summed E-state index contributed by atoms with van der Waals surface area (Å²) in [6.07, 6.45) is 1.39. The van der Waals surface area contributed by atoms with Gasteiger partial charge in [-0.3, -0.25) is 10.2 Å². The number of furan rings is 1.